The van der Waals surface area contributed by atoms with Gasteiger partial charge in [-0.15, -0.1) is 0 Å². The van der Waals surface area contributed by atoms with Crippen molar-refractivity contribution in [1.82, 2.24) is 0 Å². The van der Waals surface area contributed by atoms with Gasteiger partial charge in [-0.2, -0.15) is 0 Å². The molecular weight excluding hydrogens is 872 g/mol. The monoisotopic (exact) mass is 920 g/mol. The van der Waals surface area contributed by atoms with Crippen molar-refractivity contribution in [2.24, 2.45) is 0 Å². The Morgan fingerprint density at radius 1 is 0.631 bits per heavy atom. The third kappa shape index (κ3) is 10.2. The molecule has 0 aliphatic carbocycles. The van der Waals surface area contributed by atoms with Crippen molar-refractivity contribution in [2.45, 2.75) is 105 Å². The minimum absolute atomic E-state index is 0.0118. The predicted molar refractivity (Wildman–Crippen MR) is 212 cm³/mol. The summed E-state index contributed by atoms with van der Waals surface area (Å²) in [6.45, 7) is 0.107. The average Bonchev–Trinajstić information content (AvgIpc) is 3.27. The third-order valence-corrected chi connectivity index (χ3v) is 11.0. The van der Waals surface area contributed by atoms with E-state index < -0.39 is 140 Å². The van der Waals surface area contributed by atoms with Gasteiger partial charge >= 0.3 is 5.97 Å². The molecule has 23 heteroatoms. The van der Waals surface area contributed by atoms with E-state index in [1.807, 2.05) is 0 Å². The van der Waals surface area contributed by atoms with Crippen LogP contribution in [-0.2, 0) is 33.2 Å². The van der Waals surface area contributed by atoms with Gasteiger partial charge in [-0.25, -0.2) is 4.79 Å². The Labute approximate surface area is 367 Å². The maximum absolute atomic E-state index is 12.5. The van der Waals surface area contributed by atoms with Crippen LogP contribution in [0.5, 0.6) is 40.2 Å². The SMILES string of the molecule is C[C@@H]1O[C@@H](OC[C@H]2O[C@@H](OC3=Cc4c(cc(O)cc4O[C@@H]4O[C@H](COC(=O)/C=C\c5ccc(O)cc5)[C@@H](O)[C@H](O)[C@@H]4O)OC3c3cc(O)c(O)c(O)c3)[C@H](O)[C@@H](O)[C@@H]2O)[C@@H](O)[C@H](O)[C@H]1O. The van der Waals surface area contributed by atoms with Gasteiger partial charge in [-0.3, -0.25) is 0 Å². The molecule has 354 valence electrons. The first-order valence-corrected chi connectivity index (χ1v) is 20.0. The largest absolute Gasteiger partial charge is 0.508 e. The van der Waals surface area contributed by atoms with Gasteiger partial charge in [0.05, 0.1) is 18.3 Å². The summed E-state index contributed by atoms with van der Waals surface area (Å²) >= 11 is 0. The number of phenolic OH excluding ortho intramolecular Hbond substituents is 5. The number of carbonyl (C=O) groups excluding carboxylic acids is 1. The number of fused-ring (bicyclic) bond motifs is 1. The van der Waals surface area contributed by atoms with E-state index in [2.05, 4.69) is 0 Å². The highest BCUT2D eigenvalue weighted by Crippen LogP contribution is 2.48. The van der Waals surface area contributed by atoms with E-state index in [1.54, 1.807) is 0 Å². The van der Waals surface area contributed by atoms with E-state index in [4.69, 9.17) is 37.9 Å². The highest BCUT2D eigenvalue weighted by molar-refractivity contribution is 5.87. The van der Waals surface area contributed by atoms with Crippen molar-refractivity contribution in [1.29, 1.82) is 0 Å². The first kappa shape index (κ1) is 47.5. The smallest absolute Gasteiger partial charge is 0.330 e. The molecule has 3 fully saturated rings. The maximum Gasteiger partial charge on any atom is 0.330 e. The van der Waals surface area contributed by atoms with Crippen molar-refractivity contribution < 1.29 is 114 Å². The third-order valence-electron chi connectivity index (χ3n) is 11.0. The van der Waals surface area contributed by atoms with Crippen LogP contribution in [0.1, 0.15) is 29.7 Å². The zero-order valence-corrected chi connectivity index (χ0v) is 33.9. The van der Waals surface area contributed by atoms with E-state index in [0.29, 0.717) is 5.56 Å². The van der Waals surface area contributed by atoms with Crippen LogP contribution >= 0.6 is 0 Å². The Hall–Kier alpha value is -5.51. The first-order valence-electron chi connectivity index (χ1n) is 20.0. The second-order valence-electron chi connectivity index (χ2n) is 15.6. The molecule has 4 aliphatic rings. The van der Waals surface area contributed by atoms with Crippen molar-refractivity contribution in [3.05, 3.63) is 77.1 Å². The molecule has 16 atom stereocenters. The maximum atomic E-state index is 12.5. The highest BCUT2D eigenvalue weighted by atomic mass is 16.7. The standard InChI is InChI=1S/C42H48O23/c1-15-29(48)33(52)36(55)40(60-15)59-14-27-32(51)35(54)38(57)42(65-27)63-25-12-20-23(61-39(25)17-8-21(45)30(49)22(46)9-17)10-19(44)11-24(20)62-41-37(56)34(53)31(50)26(64-41)13-58-28(47)7-4-16-2-5-18(43)6-3-16/h2-12,15,26-27,29,31-46,48-57H,13-14H2,1H3/b7-4-/t15-,26+,27+,29-,31+,32+,33+,34-,35-,36-,37-,38+,39?,40+,41+,42+/m0/s1. The molecule has 3 aromatic carbocycles. The number of phenols is 5. The molecule has 0 amide bonds. The number of rotatable bonds is 12. The summed E-state index contributed by atoms with van der Waals surface area (Å²) < 4.78 is 45.8. The predicted octanol–water partition coefficient (Wildman–Crippen LogP) is -2.20. The fourth-order valence-corrected chi connectivity index (χ4v) is 7.30. The molecular formula is C42H48O23. The van der Waals surface area contributed by atoms with Gasteiger partial charge in [0.25, 0.3) is 0 Å². The van der Waals surface area contributed by atoms with Gasteiger partial charge in [0, 0.05) is 23.8 Å². The average molecular weight is 921 g/mol. The van der Waals surface area contributed by atoms with Gasteiger partial charge in [0.15, 0.2) is 29.6 Å². The summed E-state index contributed by atoms with van der Waals surface area (Å²) in [5.74, 6) is -4.77. The zero-order chi connectivity index (χ0) is 47.0. The van der Waals surface area contributed by atoms with Crippen LogP contribution in [0.25, 0.3) is 12.2 Å². The Bertz CT molecular complexity index is 2190. The number of aliphatic hydroxyl groups is 9. The molecule has 3 aromatic rings. The lowest BCUT2D eigenvalue weighted by Crippen LogP contribution is -2.61. The Morgan fingerprint density at radius 2 is 1.20 bits per heavy atom. The van der Waals surface area contributed by atoms with Gasteiger partial charge in [0.1, 0.15) is 103 Å². The molecule has 1 unspecified atom stereocenters. The van der Waals surface area contributed by atoms with Crippen LogP contribution in [0.3, 0.4) is 0 Å². The molecule has 0 spiro atoms. The number of ether oxygens (including phenoxy) is 8. The minimum Gasteiger partial charge on any atom is -0.508 e. The summed E-state index contributed by atoms with van der Waals surface area (Å²) in [5, 5.41) is 147. The van der Waals surface area contributed by atoms with Gasteiger partial charge in [-0.1, -0.05) is 12.1 Å². The van der Waals surface area contributed by atoms with Crippen molar-refractivity contribution >= 4 is 18.1 Å². The summed E-state index contributed by atoms with van der Waals surface area (Å²) in [5.41, 5.74) is 0.346. The zero-order valence-electron chi connectivity index (χ0n) is 33.9. The molecule has 0 saturated carbocycles. The van der Waals surface area contributed by atoms with Crippen LogP contribution in [0.4, 0.5) is 0 Å². The first-order chi connectivity index (χ1) is 30.8. The summed E-state index contributed by atoms with van der Waals surface area (Å²) in [6.07, 6.45) is -23.6. The quantitative estimate of drug-likeness (QED) is 0.0521. The van der Waals surface area contributed by atoms with Gasteiger partial charge in [0.2, 0.25) is 12.6 Å². The molecule has 14 N–H and O–H groups in total. The fourth-order valence-electron chi connectivity index (χ4n) is 7.30. The lowest BCUT2D eigenvalue weighted by atomic mass is 9.98. The molecule has 65 heavy (non-hydrogen) atoms. The van der Waals surface area contributed by atoms with Crippen LogP contribution in [-0.4, -0.2) is 183 Å². The second kappa shape index (κ2) is 19.5. The Balaban J connectivity index is 1.14. The van der Waals surface area contributed by atoms with Crippen molar-refractivity contribution in [2.75, 3.05) is 13.2 Å². The number of hydrogen-bond donors (Lipinski definition) is 14. The number of hydrogen-bond acceptors (Lipinski definition) is 23. The molecule has 7 rings (SSSR count). The van der Waals surface area contributed by atoms with Crippen LogP contribution in [0, 0.1) is 0 Å². The van der Waals surface area contributed by atoms with E-state index in [-0.39, 0.29) is 34.1 Å². The molecule has 23 nitrogen and oxygen atoms in total. The fraction of sp³-hybridized carbons (Fsp3) is 0.452. The van der Waals surface area contributed by atoms with Gasteiger partial charge in [-0.05, 0) is 48.9 Å². The molecule has 3 saturated heterocycles. The van der Waals surface area contributed by atoms with Crippen LogP contribution < -0.4 is 9.47 Å². The minimum atomic E-state index is -2.01. The lowest BCUT2D eigenvalue weighted by molar-refractivity contribution is -0.324. The molecule has 4 heterocycles. The van der Waals surface area contributed by atoms with E-state index in [1.165, 1.54) is 43.3 Å². The molecule has 0 bridgehead atoms. The summed E-state index contributed by atoms with van der Waals surface area (Å²) in [6, 6.07) is 9.96. The van der Waals surface area contributed by atoms with Crippen LogP contribution in [0.2, 0.25) is 0 Å². The number of aromatic hydroxyl groups is 5. The summed E-state index contributed by atoms with van der Waals surface area (Å²) in [7, 11) is 0. The number of esters is 1. The Morgan fingerprint density at radius 3 is 1.83 bits per heavy atom. The van der Waals surface area contributed by atoms with E-state index >= 15 is 0 Å². The number of carbonyl (C=O) groups is 1. The van der Waals surface area contributed by atoms with Crippen LogP contribution in [0.15, 0.2) is 60.4 Å². The van der Waals surface area contributed by atoms with Crippen molar-refractivity contribution in [3.63, 3.8) is 0 Å². The second-order valence-corrected chi connectivity index (χ2v) is 15.6. The van der Waals surface area contributed by atoms with E-state index in [9.17, 15) is 76.3 Å². The molecule has 0 aromatic heterocycles. The Kier molecular flexibility index (Phi) is 14.3. The normalized spacial score (nSPS) is 34.8. The highest BCUT2D eigenvalue weighted by Gasteiger charge is 2.49. The summed E-state index contributed by atoms with van der Waals surface area (Å²) in [4.78, 5) is 12.5. The number of aliphatic hydroxyl groups excluding tert-OH is 9. The molecule has 0 radical (unpaired) electrons. The van der Waals surface area contributed by atoms with E-state index in [0.717, 1.165) is 30.3 Å². The number of benzene rings is 3. The molecule has 4 aliphatic heterocycles. The van der Waals surface area contributed by atoms with Gasteiger partial charge < -0.3 is 109 Å². The lowest BCUT2D eigenvalue weighted by Gasteiger charge is -2.43. The topological polar surface area (TPSA) is 374 Å². The van der Waals surface area contributed by atoms with Crippen molar-refractivity contribution in [3.8, 4) is 40.2 Å².